The van der Waals surface area contributed by atoms with Gasteiger partial charge in [-0.1, -0.05) is 43.6 Å². The summed E-state index contributed by atoms with van der Waals surface area (Å²) >= 11 is 6.08. The van der Waals surface area contributed by atoms with Crippen molar-refractivity contribution in [2.75, 3.05) is 0 Å². The van der Waals surface area contributed by atoms with Crippen molar-refractivity contribution in [3.8, 4) is 0 Å². The molecule has 1 atom stereocenters. The molecule has 1 rings (SSSR count). The summed E-state index contributed by atoms with van der Waals surface area (Å²) in [6.45, 7) is 5.38. The topological polar surface area (TPSA) is 66.4 Å². The standard InChI is InChI=1S/C15H20ClNO3/c1-10(11-6-4-5-7-12(11)16)17-13(18)8-15(2,3)9-14(19)20/h4-7,10H,8-9H2,1-3H3,(H,17,18)(H,19,20)/t10-/m0/s1. The van der Waals surface area contributed by atoms with E-state index >= 15 is 0 Å². The van der Waals surface area contributed by atoms with Crippen LogP contribution in [0, 0.1) is 5.41 Å². The van der Waals surface area contributed by atoms with Crippen LogP contribution in [0.4, 0.5) is 0 Å². The van der Waals surface area contributed by atoms with Crippen LogP contribution in [0.2, 0.25) is 5.02 Å². The minimum Gasteiger partial charge on any atom is -0.481 e. The van der Waals surface area contributed by atoms with Crippen LogP contribution in [0.15, 0.2) is 24.3 Å². The summed E-state index contributed by atoms with van der Waals surface area (Å²) in [5.74, 6) is -1.08. The second-order valence-corrected chi connectivity index (χ2v) is 6.13. The fraction of sp³-hybridized carbons (Fsp3) is 0.467. The molecule has 0 bridgehead atoms. The number of nitrogens with one attached hydrogen (secondary N) is 1. The van der Waals surface area contributed by atoms with Crippen molar-refractivity contribution in [1.29, 1.82) is 0 Å². The van der Waals surface area contributed by atoms with E-state index in [0.717, 1.165) is 5.56 Å². The quantitative estimate of drug-likeness (QED) is 0.845. The Balaban J connectivity index is 2.63. The normalized spacial score (nSPS) is 12.8. The Morgan fingerprint density at radius 2 is 1.90 bits per heavy atom. The third kappa shape index (κ3) is 5.21. The van der Waals surface area contributed by atoms with Gasteiger partial charge < -0.3 is 10.4 Å². The molecule has 110 valence electrons. The molecule has 2 N–H and O–H groups in total. The van der Waals surface area contributed by atoms with Gasteiger partial charge in [-0.15, -0.1) is 0 Å². The van der Waals surface area contributed by atoms with E-state index in [1.165, 1.54) is 0 Å². The number of amides is 1. The van der Waals surface area contributed by atoms with Crippen molar-refractivity contribution in [2.24, 2.45) is 5.41 Å². The average Bonchev–Trinajstić information content (AvgIpc) is 2.25. The van der Waals surface area contributed by atoms with Crippen LogP contribution in [0.5, 0.6) is 0 Å². The van der Waals surface area contributed by atoms with Gasteiger partial charge in [0.05, 0.1) is 12.5 Å². The molecule has 0 aliphatic heterocycles. The highest BCUT2D eigenvalue weighted by molar-refractivity contribution is 6.31. The number of carboxylic acid groups (broad SMARTS) is 1. The lowest BCUT2D eigenvalue weighted by Gasteiger charge is -2.23. The molecule has 0 saturated carbocycles. The Morgan fingerprint density at radius 3 is 2.45 bits per heavy atom. The first-order valence-electron chi connectivity index (χ1n) is 6.47. The zero-order valence-electron chi connectivity index (χ0n) is 11.9. The first-order chi connectivity index (χ1) is 9.21. The first kappa shape index (κ1) is 16.5. The van der Waals surface area contributed by atoms with Crippen molar-refractivity contribution in [3.63, 3.8) is 0 Å². The van der Waals surface area contributed by atoms with Crippen LogP contribution in [0.3, 0.4) is 0 Å². The van der Waals surface area contributed by atoms with Gasteiger partial charge in [-0.05, 0) is 24.0 Å². The molecule has 1 amide bonds. The Labute approximate surface area is 124 Å². The molecule has 4 nitrogen and oxygen atoms in total. The molecule has 5 heteroatoms. The second kappa shape index (κ2) is 6.75. The minimum absolute atomic E-state index is 0.0408. The molecule has 0 aromatic heterocycles. The fourth-order valence-corrected chi connectivity index (χ4v) is 2.40. The number of rotatable bonds is 6. The summed E-state index contributed by atoms with van der Waals surface area (Å²) in [5.41, 5.74) is 0.273. The monoisotopic (exact) mass is 297 g/mol. The van der Waals surface area contributed by atoms with Crippen molar-refractivity contribution in [1.82, 2.24) is 5.32 Å². The minimum atomic E-state index is -0.901. The van der Waals surface area contributed by atoms with Gasteiger partial charge in [0.1, 0.15) is 0 Å². The van der Waals surface area contributed by atoms with E-state index in [2.05, 4.69) is 5.32 Å². The van der Waals surface area contributed by atoms with E-state index in [1.54, 1.807) is 19.9 Å². The third-order valence-corrected chi connectivity index (χ3v) is 3.36. The summed E-state index contributed by atoms with van der Waals surface area (Å²) in [6, 6.07) is 7.11. The van der Waals surface area contributed by atoms with Crippen molar-refractivity contribution < 1.29 is 14.7 Å². The third-order valence-electron chi connectivity index (χ3n) is 3.02. The number of halogens is 1. The van der Waals surface area contributed by atoms with Crippen LogP contribution in [-0.2, 0) is 9.59 Å². The Morgan fingerprint density at radius 1 is 1.30 bits per heavy atom. The smallest absolute Gasteiger partial charge is 0.303 e. The van der Waals surface area contributed by atoms with Gasteiger partial charge >= 0.3 is 5.97 Å². The van der Waals surface area contributed by atoms with E-state index in [9.17, 15) is 9.59 Å². The summed E-state index contributed by atoms with van der Waals surface area (Å²) in [4.78, 5) is 22.7. The van der Waals surface area contributed by atoms with E-state index < -0.39 is 11.4 Å². The lowest BCUT2D eigenvalue weighted by molar-refractivity contribution is -0.139. The number of aliphatic carboxylic acids is 1. The largest absolute Gasteiger partial charge is 0.481 e. The van der Waals surface area contributed by atoms with Gasteiger partial charge in [0, 0.05) is 11.4 Å². The highest BCUT2D eigenvalue weighted by atomic mass is 35.5. The average molecular weight is 298 g/mol. The predicted molar refractivity (Wildman–Crippen MR) is 78.7 cm³/mol. The predicted octanol–water partition coefficient (Wildman–Crippen LogP) is 3.41. The molecule has 0 saturated heterocycles. The summed E-state index contributed by atoms with van der Waals surface area (Å²) < 4.78 is 0. The lowest BCUT2D eigenvalue weighted by Crippen LogP contribution is -2.32. The van der Waals surface area contributed by atoms with Gasteiger partial charge in [0.15, 0.2) is 0 Å². The van der Waals surface area contributed by atoms with Crippen LogP contribution in [0.1, 0.15) is 45.2 Å². The van der Waals surface area contributed by atoms with Crippen LogP contribution >= 0.6 is 11.6 Å². The maximum Gasteiger partial charge on any atom is 0.303 e. The molecular formula is C15H20ClNO3. The second-order valence-electron chi connectivity index (χ2n) is 5.72. The molecule has 0 unspecified atom stereocenters. The van der Waals surface area contributed by atoms with Gasteiger partial charge in [0.25, 0.3) is 0 Å². The molecular weight excluding hydrogens is 278 g/mol. The lowest BCUT2D eigenvalue weighted by atomic mass is 9.85. The summed E-state index contributed by atoms with van der Waals surface area (Å²) in [5, 5.41) is 12.3. The number of carboxylic acids is 1. The van der Waals surface area contributed by atoms with Crippen molar-refractivity contribution in [2.45, 2.75) is 39.7 Å². The molecule has 20 heavy (non-hydrogen) atoms. The molecule has 0 fully saturated rings. The number of hydrogen-bond donors (Lipinski definition) is 2. The van der Waals surface area contributed by atoms with E-state index in [4.69, 9.17) is 16.7 Å². The molecule has 1 aromatic carbocycles. The van der Waals surface area contributed by atoms with Crippen molar-refractivity contribution in [3.05, 3.63) is 34.9 Å². The summed E-state index contributed by atoms with van der Waals surface area (Å²) in [7, 11) is 0. The van der Waals surface area contributed by atoms with Gasteiger partial charge in [0.2, 0.25) is 5.91 Å². The van der Waals surface area contributed by atoms with Gasteiger partial charge in [-0.2, -0.15) is 0 Å². The van der Waals surface area contributed by atoms with Crippen molar-refractivity contribution >= 4 is 23.5 Å². The van der Waals surface area contributed by atoms with E-state index in [-0.39, 0.29) is 24.8 Å². The molecule has 0 heterocycles. The number of hydrogen-bond acceptors (Lipinski definition) is 2. The maximum atomic E-state index is 12.0. The van der Waals surface area contributed by atoms with Crippen LogP contribution in [0.25, 0.3) is 0 Å². The number of carbonyl (C=O) groups excluding carboxylic acids is 1. The highest BCUT2D eigenvalue weighted by Gasteiger charge is 2.26. The van der Waals surface area contributed by atoms with Gasteiger partial charge in [-0.25, -0.2) is 0 Å². The van der Waals surface area contributed by atoms with E-state index in [1.807, 2.05) is 25.1 Å². The first-order valence-corrected chi connectivity index (χ1v) is 6.85. The van der Waals surface area contributed by atoms with Gasteiger partial charge in [-0.3, -0.25) is 9.59 Å². The molecule has 0 aliphatic rings. The number of carbonyl (C=O) groups is 2. The van der Waals surface area contributed by atoms with E-state index in [0.29, 0.717) is 5.02 Å². The fourth-order valence-electron chi connectivity index (χ4n) is 2.10. The van der Waals surface area contributed by atoms with Crippen LogP contribution < -0.4 is 5.32 Å². The van der Waals surface area contributed by atoms with Crippen LogP contribution in [-0.4, -0.2) is 17.0 Å². The molecule has 0 spiro atoms. The molecule has 0 radical (unpaired) electrons. The SMILES string of the molecule is C[C@H](NC(=O)CC(C)(C)CC(=O)O)c1ccccc1Cl. The molecule has 1 aromatic rings. The Hall–Kier alpha value is -1.55. The Bertz CT molecular complexity index is 500. The zero-order chi connectivity index (χ0) is 15.3. The summed E-state index contributed by atoms with van der Waals surface area (Å²) in [6.07, 6.45) is 0.120. The maximum absolute atomic E-state index is 12.0. The Kier molecular flexibility index (Phi) is 5.57. The zero-order valence-corrected chi connectivity index (χ0v) is 12.7. The number of benzene rings is 1. The molecule has 0 aliphatic carbocycles. The highest BCUT2D eigenvalue weighted by Crippen LogP contribution is 2.26.